The summed E-state index contributed by atoms with van der Waals surface area (Å²) in [5, 5.41) is 4.70. The van der Waals surface area contributed by atoms with Crippen molar-refractivity contribution in [1.82, 2.24) is 0 Å². The predicted octanol–water partition coefficient (Wildman–Crippen LogP) is 8.88. The van der Waals surface area contributed by atoms with Crippen LogP contribution in [0, 0.1) is 0 Å². The van der Waals surface area contributed by atoms with Crippen LogP contribution in [-0.4, -0.2) is 8.07 Å². The van der Waals surface area contributed by atoms with Gasteiger partial charge < -0.3 is 0 Å². The van der Waals surface area contributed by atoms with Gasteiger partial charge in [-0.25, -0.2) is 0 Å². The SMILES string of the molecule is CCc1cc(CC)cc([Si](c2cc(CC)cc(CC)c2)(c2cc(CC)cc(CC)c2)C2c3ccccc3-c3ccccc32)c1. The Morgan fingerprint density at radius 2 is 0.659 bits per heavy atom. The summed E-state index contributed by atoms with van der Waals surface area (Å²) in [6.45, 7) is 13.9. The van der Waals surface area contributed by atoms with E-state index in [4.69, 9.17) is 0 Å². The normalized spacial score (nSPS) is 12.8. The molecule has 0 nitrogen and oxygen atoms in total. The second kappa shape index (κ2) is 12.7. The molecule has 224 valence electrons. The molecule has 1 aliphatic rings. The minimum atomic E-state index is -2.78. The lowest BCUT2D eigenvalue weighted by Gasteiger charge is -2.41. The molecule has 6 rings (SSSR count). The second-order valence-corrected chi connectivity index (χ2v) is 16.6. The van der Waals surface area contributed by atoms with E-state index in [2.05, 4.69) is 145 Å². The van der Waals surface area contributed by atoms with Crippen LogP contribution in [0.4, 0.5) is 0 Å². The van der Waals surface area contributed by atoms with Crippen molar-refractivity contribution >= 4 is 23.6 Å². The van der Waals surface area contributed by atoms with Crippen molar-refractivity contribution in [3.05, 3.63) is 148 Å². The number of hydrogen-bond acceptors (Lipinski definition) is 0. The summed E-state index contributed by atoms with van der Waals surface area (Å²) in [4.78, 5) is 0. The van der Waals surface area contributed by atoms with Crippen molar-refractivity contribution in [2.24, 2.45) is 0 Å². The number of aryl methyl sites for hydroxylation is 6. The third-order valence-corrected chi connectivity index (χ3v) is 15.3. The van der Waals surface area contributed by atoms with Crippen LogP contribution in [0.5, 0.6) is 0 Å². The molecule has 0 amide bonds. The molecule has 0 N–H and O–H groups in total. The molecule has 0 spiro atoms. The molecule has 0 fully saturated rings. The summed E-state index contributed by atoms with van der Waals surface area (Å²) >= 11 is 0. The van der Waals surface area contributed by atoms with Crippen molar-refractivity contribution in [2.75, 3.05) is 0 Å². The number of rotatable bonds is 10. The Kier molecular flexibility index (Phi) is 8.79. The Hall–Kier alpha value is -3.68. The Bertz CT molecular complexity index is 1540. The molecule has 5 aromatic rings. The largest absolute Gasteiger partial charge is 0.160 e. The average Bonchev–Trinajstić information content (AvgIpc) is 3.42. The zero-order valence-electron chi connectivity index (χ0n) is 27.6. The van der Waals surface area contributed by atoms with Gasteiger partial charge in [0.1, 0.15) is 0 Å². The van der Waals surface area contributed by atoms with Crippen molar-refractivity contribution in [2.45, 2.75) is 85.6 Å². The van der Waals surface area contributed by atoms with Crippen molar-refractivity contribution < 1.29 is 0 Å². The molecule has 44 heavy (non-hydrogen) atoms. The van der Waals surface area contributed by atoms with Gasteiger partial charge in [0.05, 0.1) is 0 Å². The van der Waals surface area contributed by atoms with Gasteiger partial charge in [0.15, 0.2) is 8.07 Å². The van der Waals surface area contributed by atoms with E-state index in [-0.39, 0.29) is 5.54 Å². The van der Waals surface area contributed by atoms with Crippen LogP contribution in [0.1, 0.15) is 91.6 Å². The van der Waals surface area contributed by atoms with Gasteiger partial charge in [-0.1, -0.05) is 145 Å². The van der Waals surface area contributed by atoms with Crippen LogP contribution in [0.2, 0.25) is 0 Å². The molecule has 0 atom stereocenters. The quantitative estimate of drug-likeness (QED) is 0.112. The van der Waals surface area contributed by atoms with E-state index in [0.717, 1.165) is 38.5 Å². The van der Waals surface area contributed by atoms with E-state index in [0.29, 0.717) is 0 Å². The van der Waals surface area contributed by atoms with E-state index in [9.17, 15) is 0 Å². The molecule has 0 aromatic heterocycles. The van der Waals surface area contributed by atoms with Crippen LogP contribution < -0.4 is 15.6 Å². The average molecular weight is 593 g/mol. The lowest BCUT2D eigenvalue weighted by atomic mass is 10.1. The molecule has 0 bridgehead atoms. The predicted molar refractivity (Wildman–Crippen MR) is 194 cm³/mol. The van der Waals surface area contributed by atoms with Gasteiger partial charge in [-0.2, -0.15) is 0 Å². The first-order chi connectivity index (χ1) is 21.5. The highest BCUT2D eigenvalue weighted by molar-refractivity contribution is 7.12. The fourth-order valence-corrected chi connectivity index (χ4v) is 13.7. The Morgan fingerprint density at radius 3 is 0.932 bits per heavy atom. The van der Waals surface area contributed by atoms with E-state index >= 15 is 0 Å². The van der Waals surface area contributed by atoms with Gasteiger partial charge >= 0.3 is 0 Å². The summed E-state index contributed by atoms with van der Waals surface area (Å²) in [6, 6.07) is 41.7. The van der Waals surface area contributed by atoms with Crippen LogP contribution in [0.25, 0.3) is 11.1 Å². The van der Waals surface area contributed by atoms with E-state index in [1.807, 2.05) is 0 Å². The van der Waals surface area contributed by atoms with Gasteiger partial charge in [-0.3, -0.25) is 0 Å². The molecule has 0 heterocycles. The molecule has 1 aliphatic carbocycles. The highest BCUT2D eigenvalue weighted by atomic mass is 28.3. The number of fused-ring (bicyclic) bond motifs is 3. The standard InChI is InChI=1S/C43H48Si/c1-7-30-21-31(8-2)25-36(24-30)44(37-26-32(9-3)22-33(10-4)27-37,38-28-34(11-5)23-35(12-6)29-38)43-41-19-15-13-17-39(41)40-18-14-16-20-42(40)43/h13-29,43H,7-12H2,1-6H3. The zero-order chi connectivity index (χ0) is 30.8. The molecule has 1 heteroatoms. The molecule has 0 unspecified atom stereocenters. The molecule has 0 saturated heterocycles. The topological polar surface area (TPSA) is 0 Å². The van der Waals surface area contributed by atoms with Crippen molar-refractivity contribution in [1.29, 1.82) is 0 Å². The van der Waals surface area contributed by atoms with Crippen LogP contribution in [0.15, 0.2) is 103 Å². The van der Waals surface area contributed by atoms with Gasteiger partial charge in [-0.15, -0.1) is 0 Å². The highest BCUT2D eigenvalue weighted by Crippen LogP contribution is 2.48. The number of benzene rings is 5. The summed E-state index contributed by atoms with van der Waals surface area (Å²) in [6.07, 6.45) is 6.30. The third-order valence-electron chi connectivity index (χ3n) is 10.2. The van der Waals surface area contributed by atoms with Crippen LogP contribution in [-0.2, 0) is 38.5 Å². The minimum Gasteiger partial charge on any atom is -0.0619 e. The first-order valence-corrected chi connectivity index (χ1v) is 19.2. The Balaban J connectivity index is 1.87. The van der Waals surface area contributed by atoms with Gasteiger partial charge in [0.2, 0.25) is 0 Å². The monoisotopic (exact) mass is 592 g/mol. The summed E-state index contributed by atoms with van der Waals surface area (Å²) < 4.78 is 0. The van der Waals surface area contributed by atoms with Crippen LogP contribution in [0.3, 0.4) is 0 Å². The van der Waals surface area contributed by atoms with E-state index < -0.39 is 8.07 Å². The van der Waals surface area contributed by atoms with Crippen molar-refractivity contribution in [3.63, 3.8) is 0 Å². The van der Waals surface area contributed by atoms with Gasteiger partial charge in [-0.05, 0) is 110 Å². The van der Waals surface area contributed by atoms with Gasteiger partial charge in [0, 0.05) is 5.54 Å². The maximum Gasteiger partial charge on any atom is 0.160 e. The summed E-state index contributed by atoms with van der Waals surface area (Å²) in [7, 11) is -2.78. The maximum atomic E-state index is 2.61. The molecule has 0 aliphatic heterocycles. The lowest BCUT2D eigenvalue weighted by Crippen LogP contribution is -2.71. The first-order valence-electron chi connectivity index (χ1n) is 17.1. The smallest absolute Gasteiger partial charge is 0.0619 e. The van der Waals surface area contributed by atoms with Crippen molar-refractivity contribution in [3.8, 4) is 11.1 Å². The molecular weight excluding hydrogens is 545 g/mol. The molecule has 0 radical (unpaired) electrons. The van der Waals surface area contributed by atoms with E-state index in [1.54, 1.807) is 15.6 Å². The van der Waals surface area contributed by atoms with Gasteiger partial charge in [0.25, 0.3) is 0 Å². The first kappa shape index (κ1) is 30.3. The summed E-state index contributed by atoms with van der Waals surface area (Å²) in [5.41, 5.74) is 14.9. The maximum absolute atomic E-state index is 2.78. The summed E-state index contributed by atoms with van der Waals surface area (Å²) in [5.74, 6) is 0. The molecule has 0 saturated carbocycles. The Morgan fingerprint density at radius 1 is 0.386 bits per heavy atom. The highest BCUT2D eigenvalue weighted by Gasteiger charge is 2.51. The Labute approximate surface area is 267 Å². The number of hydrogen-bond donors (Lipinski definition) is 0. The second-order valence-electron chi connectivity index (χ2n) is 12.7. The lowest BCUT2D eigenvalue weighted by molar-refractivity contribution is 1.08. The zero-order valence-corrected chi connectivity index (χ0v) is 28.6. The minimum absolute atomic E-state index is 0.278. The molecule has 5 aromatic carbocycles. The van der Waals surface area contributed by atoms with Crippen LogP contribution >= 0.6 is 0 Å². The fourth-order valence-electron chi connectivity index (χ4n) is 7.82. The fraction of sp³-hybridized carbons (Fsp3) is 0.302. The molecular formula is C43H48Si. The third kappa shape index (κ3) is 5.10. The van der Waals surface area contributed by atoms with E-state index in [1.165, 1.54) is 55.6 Å².